The van der Waals surface area contributed by atoms with Crippen LogP contribution in [0.25, 0.3) is 43.0 Å². The van der Waals surface area contributed by atoms with Crippen LogP contribution in [0, 0.1) is 6.92 Å². The number of aryl methyl sites for hydroxylation is 1. The average molecular weight is 495 g/mol. The van der Waals surface area contributed by atoms with Gasteiger partial charge in [0.2, 0.25) is 9.84 Å². The smallest absolute Gasteiger partial charge is 0.203 e. The summed E-state index contributed by atoms with van der Waals surface area (Å²) < 4.78 is 33.3. The van der Waals surface area contributed by atoms with Crippen molar-refractivity contribution in [3.8, 4) is 21.6 Å². The number of hydrogen-bond donors (Lipinski definition) is 0. The molecule has 3 heterocycles. The minimum absolute atomic E-state index is 0.309. The van der Waals surface area contributed by atoms with Gasteiger partial charge in [-0.1, -0.05) is 78.9 Å². The van der Waals surface area contributed by atoms with E-state index in [2.05, 4.69) is 25.1 Å². The first-order valence-electron chi connectivity index (χ1n) is 11.4. The van der Waals surface area contributed by atoms with E-state index in [4.69, 9.17) is 4.42 Å². The molecule has 5 heteroatoms. The highest BCUT2D eigenvalue weighted by Crippen LogP contribution is 2.48. The van der Waals surface area contributed by atoms with E-state index in [-0.39, 0.29) is 0 Å². The van der Waals surface area contributed by atoms with Crippen LogP contribution in [-0.4, -0.2) is 8.42 Å². The molecule has 0 saturated heterocycles. The van der Waals surface area contributed by atoms with E-state index < -0.39 is 9.84 Å². The molecule has 172 valence electrons. The third-order valence-electron chi connectivity index (χ3n) is 6.49. The lowest BCUT2D eigenvalue weighted by Crippen LogP contribution is -2.00. The van der Waals surface area contributed by atoms with Crippen molar-refractivity contribution in [1.82, 2.24) is 0 Å². The lowest BCUT2D eigenvalue weighted by Gasteiger charge is -2.05. The highest BCUT2D eigenvalue weighted by Gasteiger charge is 2.34. The SMILES string of the molecule is CC1=C(c2oc3ccccc3c2-c2cc(-c3ccccc3)sc2C)C=C(c2ccccc2)S1(=O)=O. The van der Waals surface area contributed by atoms with Crippen molar-refractivity contribution in [2.45, 2.75) is 13.8 Å². The van der Waals surface area contributed by atoms with Gasteiger partial charge in [0.05, 0.1) is 9.81 Å². The molecule has 5 aromatic rings. The summed E-state index contributed by atoms with van der Waals surface area (Å²) in [5, 5.41) is 0.974. The summed E-state index contributed by atoms with van der Waals surface area (Å²) in [5.74, 6) is 0.596. The van der Waals surface area contributed by atoms with Crippen LogP contribution in [0.4, 0.5) is 0 Å². The molecule has 1 aliphatic rings. The van der Waals surface area contributed by atoms with E-state index in [0.717, 1.165) is 32.5 Å². The van der Waals surface area contributed by atoms with E-state index in [1.807, 2.05) is 72.8 Å². The molecule has 1 aliphatic heterocycles. The molecule has 0 N–H and O–H groups in total. The predicted octanol–water partition coefficient (Wildman–Crippen LogP) is 8.34. The number of hydrogen-bond acceptors (Lipinski definition) is 4. The number of thiophene rings is 1. The molecule has 0 fully saturated rings. The minimum atomic E-state index is -3.62. The molecule has 0 saturated carbocycles. The monoisotopic (exact) mass is 494 g/mol. The van der Waals surface area contributed by atoms with Gasteiger partial charge in [0.25, 0.3) is 0 Å². The molecule has 6 rings (SSSR count). The third-order valence-corrected chi connectivity index (χ3v) is 9.55. The Morgan fingerprint density at radius 1 is 0.771 bits per heavy atom. The summed E-state index contributed by atoms with van der Waals surface area (Å²) in [6, 6.07) is 29.6. The van der Waals surface area contributed by atoms with Crippen LogP contribution in [-0.2, 0) is 9.84 Å². The molecule has 0 bridgehead atoms. The molecule has 0 amide bonds. The van der Waals surface area contributed by atoms with Gasteiger partial charge in [-0.2, -0.15) is 0 Å². The van der Waals surface area contributed by atoms with Gasteiger partial charge in [-0.25, -0.2) is 8.42 Å². The Balaban J connectivity index is 1.60. The normalized spacial score (nSPS) is 15.1. The number of rotatable bonds is 4. The zero-order valence-electron chi connectivity index (χ0n) is 19.3. The second-order valence-corrected chi connectivity index (χ2v) is 11.9. The van der Waals surface area contributed by atoms with Crippen LogP contribution >= 0.6 is 11.3 Å². The van der Waals surface area contributed by atoms with Crippen LogP contribution < -0.4 is 0 Å². The maximum Gasteiger partial charge on any atom is 0.203 e. The molecule has 3 aromatic carbocycles. The van der Waals surface area contributed by atoms with Crippen LogP contribution in [0.3, 0.4) is 0 Å². The number of fused-ring (bicyclic) bond motifs is 1. The molecule has 35 heavy (non-hydrogen) atoms. The summed E-state index contributed by atoms with van der Waals surface area (Å²) in [6.07, 6.45) is 1.76. The van der Waals surface area contributed by atoms with E-state index in [0.29, 0.717) is 26.7 Å². The second kappa shape index (κ2) is 8.22. The number of benzene rings is 3. The summed E-state index contributed by atoms with van der Waals surface area (Å²) >= 11 is 1.73. The van der Waals surface area contributed by atoms with Gasteiger partial charge in [0.15, 0.2) is 0 Å². The van der Waals surface area contributed by atoms with Gasteiger partial charge in [0.1, 0.15) is 11.3 Å². The fraction of sp³-hybridized carbons (Fsp3) is 0.0667. The second-order valence-electron chi connectivity index (χ2n) is 8.60. The number of furan rings is 1. The molecular formula is C30H22O3S2. The molecule has 2 aromatic heterocycles. The largest absolute Gasteiger partial charge is 0.455 e. The standard InChI is InChI=1S/C30H22O3S2/c1-19-24(17-27(34-19)21-11-5-3-6-12-21)29-23-15-9-10-16-26(23)33-30(29)25-18-28(35(31,32)20(25)2)22-13-7-4-8-14-22/h3-18H,1-2H3. The lowest BCUT2D eigenvalue weighted by atomic mass is 9.97. The number of allylic oxidation sites excluding steroid dienone is 3. The Morgan fingerprint density at radius 2 is 1.40 bits per heavy atom. The van der Waals surface area contributed by atoms with Gasteiger partial charge < -0.3 is 4.42 Å². The molecule has 3 nitrogen and oxygen atoms in total. The minimum Gasteiger partial charge on any atom is -0.455 e. The van der Waals surface area contributed by atoms with Crippen molar-refractivity contribution in [1.29, 1.82) is 0 Å². The third kappa shape index (κ3) is 3.51. The van der Waals surface area contributed by atoms with Crippen molar-refractivity contribution in [2.75, 3.05) is 0 Å². The first kappa shape index (κ1) is 21.8. The van der Waals surface area contributed by atoms with Crippen LogP contribution in [0.5, 0.6) is 0 Å². The van der Waals surface area contributed by atoms with Crippen LogP contribution in [0.15, 0.2) is 106 Å². The molecule has 0 atom stereocenters. The predicted molar refractivity (Wildman–Crippen MR) is 146 cm³/mol. The van der Waals surface area contributed by atoms with Crippen molar-refractivity contribution < 1.29 is 12.8 Å². The molecular weight excluding hydrogens is 472 g/mol. The Kier molecular flexibility index (Phi) is 5.13. The zero-order valence-corrected chi connectivity index (χ0v) is 20.9. The fourth-order valence-electron chi connectivity index (χ4n) is 4.66. The summed E-state index contributed by atoms with van der Waals surface area (Å²) in [5.41, 5.74) is 5.19. The van der Waals surface area contributed by atoms with Crippen molar-refractivity contribution in [3.05, 3.63) is 118 Å². The quantitative estimate of drug-likeness (QED) is 0.252. The van der Waals surface area contributed by atoms with Crippen molar-refractivity contribution in [3.63, 3.8) is 0 Å². The van der Waals surface area contributed by atoms with Gasteiger partial charge in [0, 0.05) is 31.8 Å². The van der Waals surface area contributed by atoms with Gasteiger partial charge in [-0.05, 0) is 43.2 Å². The fourth-order valence-corrected chi connectivity index (χ4v) is 7.19. The topological polar surface area (TPSA) is 47.3 Å². The van der Waals surface area contributed by atoms with E-state index in [1.165, 1.54) is 4.88 Å². The summed E-state index contributed by atoms with van der Waals surface area (Å²) in [7, 11) is -3.62. The van der Waals surface area contributed by atoms with Crippen LogP contribution in [0.2, 0.25) is 0 Å². The molecule has 0 radical (unpaired) electrons. The Bertz CT molecular complexity index is 1750. The maximum absolute atomic E-state index is 13.4. The van der Waals surface area contributed by atoms with Gasteiger partial charge in [-0.15, -0.1) is 11.3 Å². The van der Waals surface area contributed by atoms with E-state index in [9.17, 15) is 8.42 Å². The highest BCUT2D eigenvalue weighted by molar-refractivity contribution is 8.04. The first-order valence-corrected chi connectivity index (χ1v) is 13.7. The lowest BCUT2D eigenvalue weighted by molar-refractivity contribution is 0.600. The highest BCUT2D eigenvalue weighted by atomic mass is 32.2. The number of para-hydroxylation sites is 1. The summed E-state index contributed by atoms with van der Waals surface area (Å²) in [4.78, 5) is 2.94. The Morgan fingerprint density at radius 3 is 2.11 bits per heavy atom. The van der Waals surface area contributed by atoms with E-state index >= 15 is 0 Å². The zero-order chi connectivity index (χ0) is 24.2. The van der Waals surface area contributed by atoms with Crippen LogP contribution in [0.1, 0.15) is 23.1 Å². The van der Waals surface area contributed by atoms with Gasteiger partial charge in [-0.3, -0.25) is 0 Å². The average Bonchev–Trinajstić information content (AvgIpc) is 3.51. The maximum atomic E-state index is 13.4. The van der Waals surface area contributed by atoms with Gasteiger partial charge >= 0.3 is 0 Å². The number of sulfone groups is 1. The Hall–Kier alpha value is -3.67. The van der Waals surface area contributed by atoms with Crippen molar-refractivity contribution >= 4 is 42.6 Å². The van der Waals surface area contributed by atoms with E-state index in [1.54, 1.807) is 24.3 Å². The summed E-state index contributed by atoms with van der Waals surface area (Å²) in [6.45, 7) is 3.78. The van der Waals surface area contributed by atoms with Crippen molar-refractivity contribution in [2.24, 2.45) is 0 Å². The molecule has 0 unspecified atom stereocenters. The Labute approximate surface area is 208 Å². The molecule has 0 aliphatic carbocycles. The molecule has 0 spiro atoms. The first-order chi connectivity index (χ1) is 16.9.